The molecule has 1 amide bonds. The maximum Gasteiger partial charge on any atom is 0.418 e. The van der Waals surface area contributed by atoms with Crippen LogP contribution >= 0.6 is 0 Å². The van der Waals surface area contributed by atoms with E-state index in [1.54, 1.807) is 25.1 Å². The number of aromatic nitrogens is 1. The van der Waals surface area contributed by atoms with Gasteiger partial charge in [0.15, 0.2) is 12.2 Å². The summed E-state index contributed by atoms with van der Waals surface area (Å²) in [5.41, 5.74) is 2.55. The molecule has 3 aromatic rings. The predicted molar refractivity (Wildman–Crippen MR) is 107 cm³/mol. The Kier molecular flexibility index (Phi) is 6.53. The number of hydrogen-bond donors (Lipinski definition) is 0. The van der Waals surface area contributed by atoms with Crippen LogP contribution < -0.4 is 9.64 Å². The molecule has 0 aliphatic heterocycles. The molecule has 0 saturated carbocycles. The van der Waals surface area contributed by atoms with E-state index in [9.17, 15) is 9.59 Å². The van der Waals surface area contributed by atoms with Crippen molar-refractivity contribution in [1.82, 2.24) is 4.98 Å². The van der Waals surface area contributed by atoms with E-state index in [0.717, 1.165) is 10.4 Å². The Morgan fingerprint density at radius 2 is 1.93 bits per heavy atom. The number of methoxy groups -OCH3 is 2. The van der Waals surface area contributed by atoms with Crippen LogP contribution in [0.25, 0.3) is 11.1 Å². The third-order valence-corrected chi connectivity index (χ3v) is 4.18. The molecule has 0 bridgehead atoms. The number of ether oxygens (including phenoxy) is 4. The summed E-state index contributed by atoms with van der Waals surface area (Å²) in [5, 5.41) is 0. The van der Waals surface area contributed by atoms with E-state index in [1.165, 1.54) is 21.1 Å². The Labute approximate surface area is 173 Å². The van der Waals surface area contributed by atoms with Crippen LogP contribution in [0.15, 0.2) is 46.9 Å². The lowest BCUT2D eigenvalue weighted by molar-refractivity contribution is -0.169. The molecular weight excluding hydrogens is 392 g/mol. The molecule has 0 saturated heterocycles. The van der Waals surface area contributed by atoms with E-state index >= 15 is 0 Å². The van der Waals surface area contributed by atoms with E-state index in [0.29, 0.717) is 28.5 Å². The number of fused-ring (bicyclic) bond motifs is 1. The van der Waals surface area contributed by atoms with Crippen molar-refractivity contribution in [2.75, 3.05) is 19.1 Å². The van der Waals surface area contributed by atoms with Crippen molar-refractivity contribution in [3.63, 3.8) is 0 Å². The lowest BCUT2D eigenvalue weighted by atomic mass is 10.2. The highest BCUT2D eigenvalue weighted by Crippen LogP contribution is 2.28. The van der Waals surface area contributed by atoms with E-state index in [-0.39, 0.29) is 6.61 Å². The van der Waals surface area contributed by atoms with Gasteiger partial charge in [-0.25, -0.2) is 14.7 Å². The molecule has 1 aromatic heterocycles. The normalized spacial score (nSPS) is 11.7. The number of benzene rings is 2. The first-order valence-electron chi connectivity index (χ1n) is 9.08. The lowest BCUT2D eigenvalue weighted by Crippen LogP contribution is -2.44. The van der Waals surface area contributed by atoms with Crippen LogP contribution in [0.3, 0.4) is 0 Å². The van der Waals surface area contributed by atoms with Crippen LogP contribution in [-0.2, 0) is 25.6 Å². The largest absolute Gasteiger partial charge is 0.484 e. The molecule has 9 heteroatoms. The molecule has 0 spiro atoms. The molecule has 0 N–H and O–H groups in total. The Morgan fingerprint density at radius 3 is 2.57 bits per heavy atom. The average Bonchev–Trinajstić information content (AvgIpc) is 3.15. The maximum atomic E-state index is 12.3. The van der Waals surface area contributed by atoms with E-state index < -0.39 is 18.5 Å². The number of carbonyl (C=O) groups excluding carboxylic acids is 2. The molecule has 2 aromatic carbocycles. The van der Waals surface area contributed by atoms with E-state index in [4.69, 9.17) is 23.4 Å². The van der Waals surface area contributed by atoms with Gasteiger partial charge < -0.3 is 23.4 Å². The monoisotopic (exact) mass is 414 g/mol. The fraction of sp³-hybridized carbons (Fsp3) is 0.286. The van der Waals surface area contributed by atoms with Crippen LogP contribution in [-0.4, -0.2) is 37.7 Å². The standard InChI is InChI=1S/C21H22N2O7/c1-13-11-15(28-12-19-22-16-7-5-6-8-18(16)30-19)9-10-17(13)23(20(25)26-3)21(27-4)29-14(2)24/h5-11,21H,12H2,1-4H3. The Hall–Kier alpha value is -3.59. The number of oxazole rings is 1. The zero-order valence-electron chi connectivity index (χ0n) is 17.1. The highest BCUT2D eigenvalue weighted by atomic mass is 16.7. The predicted octanol–water partition coefficient (Wildman–Crippen LogP) is 3.78. The van der Waals surface area contributed by atoms with Crippen molar-refractivity contribution < 1.29 is 33.0 Å². The molecule has 0 aliphatic rings. The van der Waals surface area contributed by atoms with Gasteiger partial charge in [-0.1, -0.05) is 12.1 Å². The Morgan fingerprint density at radius 1 is 1.17 bits per heavy atom. The second-order valence-electron chi connectivity index (χ2n) is 6.30. The summed E-state index contributed by atoms with van der Waals surface area (Å²) in [5.74, 6) is 0.389. The third kappa shape index (κ3) is 4.69. The minimum atomic E-state index is -1.28. The molecule has 0 aliphatic carbocycles. The fourth-order valence-electron chi connectivity index (χ4n) is 2.86. The van der Waals surface area contributed by atoms with Gasteiger partial charge >= 0.3 is 12.1 Å². The van der Waals surface area contributed by atoms with Gasteiger partial charge in [0.2, 0.25) is 5.89 Å². The summed E-state index contributed by atoms with van der Waals surface area (Å²) in [6, 6.07) is 12.5. The van der Waals surface area contributed by atoms with Crippen molar-refractivity contribution in [1.29, 1.82) is 0 Å². The molecule has 158 valence electrons. The first-order valence-corrected chi connectivity index (χ1v) is 9.08. The SMILES string of the molecule is COC(=O)N(c1ccc(OCc2nc3ccccc3o2)cc1C)C(OC)OC(C)=O. The molecule has 3 rings (SSSR count). The van der Waals surface area contributed by atoms with Crippen LogP contribution in [0.2, 0.25) is 0 Å². The van der Waals surface area contributed by atoms with Gasteiger partial charge in [-0.2, -0.15) is 0 Å². The van der Waals surface area contributed by atoms with E-state index in [2.05, 4.69) is 4.98 Å². The molecular formula is C21H22N2O7. The fourth-order valence-corrected chi connectivity index (χ4v) is 2.86. The number of anilines is 1. The summed E-state index contributed by atoms with van der Waals surface area (Å²) < 4.78 is 26.4. The van der Waals surface area contributed by atoms with Crippen molar-refractivity contribution in [3.8, 4) is 5.75 Å². The number of carbonyl (C=O) groups is 2. The number of aryl methyl sites for hydroxylation is 1. The highest BCUT2D eigenvalue weighted by molar-refractivity contribution is 5.89. The molecule has 30 heavy (non-hydrogen) atoms. The molecule has 1 atom stereocenters. The minimum absolute atomic E-state index is 0.141. The van der Waals surface area contributed by atoms with Gasteiger partial charge in [0, 0.05) is 14.0 Å². The topological polar surface area (TPSA) is 100 Å². The summed E-state index contributed by atoms with van der Waals surface area (Å²) in [7, 11) is 2.54. The number of amides is 1. The smallest absolute Gasteiger partial charge is 0.418 e. The quantitative estimate of drug-likeness (QED) is 0.425. The highest BCUT2D eigenvalue weighted by Gasteiger charge is 2.30. The van der Waals surface area contributed by atoms with Gasteiger partial charge in [0.1, 0.15) is 11.3 Å². The summed E-state index contributed by atoms with van der Waals surface area (Å²) in [6.45, 7) is 3.14. The Bertz CT molecular complexity index is 1010. The van der Waals surface area contributed by atoms with Crippen LogP contribution in [0, 0.1) is 6.92 Å². The van der Waals surface area contributed by atoms with Crippen LogP contribution in [0.5, 0.6) is 5.75 Å². The van der Waals surface area contributed by atoms with Crippen LogP contribution in [0.4, 0.5) is 10.5 Å². The summed E-state index contributed by atoms with van der Waals surface area (Å²) in [4.78, 5) is 29.1. The molecule has 1 unspecified atom stereocenters. The first-order chi connectivity index (χ1) is 14.4. The number of rotatable bonds is 7. The van der Waals surface area contributed by atoms with Crippen molar-refractivity contribution in [2.45, 2.75) is 26.9 Å². The number of para-hydroxylation sites is 2. The maximum absolute atomic E-state index is 12.3. The van der Waals surface area contributed by atoms with Crippen molar-refractivity contribution in [2.24, 2.45) is 0 Å². The number of hydrogen-bond acceptors (Lipinski definition) is 8. The zero-order valence-corrected chi connectivity index (χ0v) is 17.1. The molecule has 0 fully saturated rings. The van der Waals surface area contributed by atoms with Gasteiger partial charge in [-0.3, -0.25) is 4.79 Å². The first kappa shape index (κ1) is 21.1. The zero-order chi connectivity index (χ0) is 21.7. The number of esters is 1. The molecule has 1 heterocycles. The summed E-state index contributed by atoms with van der Waals surface area (Å²) >= 11 is 0. The van der Waals surface area contributed by atoms with Crippen molar-refractivity contribution in [3.05, 3.63) is 53.9 Å². The van der Waals surface area contributed by atoms with Gasteiger partial charge in [0.05, 0.1) is 12.8 Å². The number of nitrogens with zero attached hydrogens (tertiary/aromatic N) is 2. The van der Waals surface area contributed by atoms with Gasteiger partial charge in [-0.05, 0) is 42.8 Å². The third-order valence-electron chi connectivity index (χ3n) is 4.18. The van der Waals surface area contributed by atoms with Crippen molar-refractivity contribution >= 4 is 28.8 Å². The average molecular weight is 414 g/mol. The minimum Gasteiger partial charge on any atom is -0.484 e. The molecule has 9 nitrogen and oxygen atoms in total. The second-order valence-corrected chi connectivity index (χ2v) is 6.30. The van der Waals surface area contributed by atoms with Gasteiger partial charge in [-0.15, -0.1) is 0 Å². The lowest BCUT2D eigenvalue weighted by Gasteiger charge is -2.29. The molecule has 0 radical (unpaired) electrons. The van der Waals surface area contributed by atoms with Crippen LogP contribution in [0.1, 0.15) is 18.4 Å². The Balaban J connectivity index is 1.79. The second kappa shape index (κ2) is 9.27. The van der Waals surface area contributed by atoms with E-state index in [1.807, 2.05) is 24.3 Å². The summed E-state index contributed by atoms with van der Waals surface area (Å²) in [6.07, 6.45) is -2.02. The van der Waals surface area contributed by atoms with Gasteiger partial charge in [0.25, 0.3) is 6.41 Å².